The van der Waals surface area contributed by atoms with E-state index in [4.69, 9.17) is 4.74 Å². The van der Waals surface area contributed by atoms with Crippen LogP contribution in [-0.2, 0) is 4.74 Å². The van der Waals surface area contributed by atoms with Crippen LogP contribution in [0.15, 0.2) is 0 Å². The van der Waals surface area contributed by atoms with Crippen LogP contribution in [0.3, 0.4) is 0 Å². The first-order chi connectivity index (χ1) is 7.60. The molecule has 0 N–H and O–H groups in total. The second-order valence-corrected chi connectivity index (χ2v) is 5.44. The van der Waals surface area contributed by atoms with Gasteiger partial charge in [-0.15, -0.1) is 0 Å². The van der Waals surface area contributed by atoms with Crippen LogP contribution in [0.5, 0.6) is 0 Å². The lowest BCUT2D eigenvalue weighted by molar-refractivity contribution is 0.113. The third-order valence-electron chi connectivity index (χ3n) is 2.79. The highest BCUT2D eigenvalue weighted by Crippen LogP contribution is 2.18. The molecule has 1 saturated heterocycles. The molecule has 98 valence electrons. The van der Waals surface area contributed by atoms with E-state index in [1.54, 1.807) is 7.11 Å². The van der Waals surface area contributed by atoms with Gasteiger partial charge >= 0.3 is 0 Å². The molecule has 0 aromatic carbocycles. The van der Waals surface area contributed by atoms with Crippen LogP contribution in [0, 0.1) is 11.8 Å². The lowest BCUT2D eigenvalue weighted by Gasteiger charge is -2.31. The first-order valence-electron chi connectivity index (χ1n) is 6.81. The molecule has 1 heterocycles. The summed E-state index contributed by atoms with van der Waals surface area (Å²) in [6, 6.07) is 0. The molecule has 0 amide bonds. The molecule has 0 saturated carbocycles. The van der Waals surface area contributed by atoms with Crippen molar-refractivity contribution in [3.05, 3.63) is 0 Å². The Bertz CT molecular complexity index is 145. The maximum atomic E-state index is 5.07. The van der Waals surface area contributed by atoms with E-state index in [-0.39, 0.29) is 0 Å². The van der Waals surface area contributed by atoms with Crippen LogP contribution in [-0.4, -0.2) is 38.3 Å². The smallest absolute Gasteiger partial charge is 0.0589 e. The summed E-state index contributed by atoms with van der Waals surface area (Å²) < 4.78 is 5.07. The fourth-order valence-electron chi connectivity index (χ4n) is 1.91. The van der Waals surface area contributed by atoms with Gasteiger partial charge in [-0.3, -0.25) is 0 Å². The number of methoxy groups -OCH3 is 1. The second-order valence-electron chi connectivity index (χ2n) is 5.44. The minimum Gasteiger partial charge on any atom is -0.383 e. The van der Waals surface area contributed by atoms with E-state index < -0.39 is 0 Å². The third-order valence-corrected chi connectivity index (χ3v) is 2.79. The van der Waals surface area contributed by atoms with Gasteiger partial charge in [0.25, 0.3) is 0 Å². The van der Waals surface area contributed by atoms with Gasteiger partial charge in [0.2, 0.25) is 0 Å². The molecule has 1 atom stereocenters. The van der Waals surface area contributed by atoms with Gasteiger partial charge in [-0.05, 0) is 31.2 Å². The van der Waals surface area contributed by atoms with Crippen LogP contribution in [0.1, 0.15) is 47.0 Å². The number of likely N-dealkylation sites (tertiary alicyclic amines) is 1. The van der Waals surface area contributed by atoms with Crippen molar-refractivity contribution in [2.45, 2.75) is 47.0 Å². The SMILES string of the molecule is CC(C)C.CCC1CCCN(CCOC)C1. The Morgan fingerprint density at radius 3 is 2.44 bits per heavy atom. The molecule has 0 aromatic rings. The maximum absolute atomic E-state index is 5.07. The Morgan fingerprint density at radius 1 is 1.31 bits per heavy atom. The van der Waals surface area contributed by atoms with Crippen molar-refractivity contribution in [2.24, 2.45) is 11.8 Å². The number of hydrogen-bond donors (Lipinski definition) is 0. The topological polar surface area (TPSA) is 12.5 Å². The predicted molar refractivity (Wildman–Crippen MR) is 71.8 cm³/mol. The van der Waals surface area contributed by atoms with Crippen LogP contribution < -0.4 is 0 Å². The summed E-state index contributed by atoms with van der Waals surface area (Å²) >= 11 is 0. The van der Waals surface area contributed by atoms with E-state index in [9.17, 15) is 0 Å². The molecule has 1 aliphatic heterocycles. The molecule has 1 unspecified atom stereocenters. The quantitative estimate of drug-likeness (QED) is 0.732. The minimum atomic E-state index is 0.833. The highest BCUT2D eigenvalue weighted by atomic mass is 16.5. The molecule has 2 heteroatoms. The molecule has 1 aliphatic rings. The summed E-state index contributed by atoms with van der Waals surface area (Å²) in [5.41, 5.74) is 0. The molecule has 2 nitrogen and oxygen atoms in total. The van der Waals surface area contributed by atoms with Crippen molar-refractivity contribution < 1.29 is 4.74 Å². The van der Waals surface area contributed by atoms with Gasteiger partial charge in [0.05, 0.1) is 6.61 Å². The molecule has 0 aliphatic carbocycles. The van der Waals surface area contributed by atoms with E-state index in [1.807, 2.05) is 0 Å². The van der Waals surface area contributed by atoms with Crippen molar-refractivity contribution in [3.63, 3.8) is 0 Å². The summed E-state index contributed by atoms with van der Waals surface area (Å²) in [5, 5.41) is 0. The van der Waals surface area contributed by atoms with E-state index in [1.165, 1.54) is 32.4 Å². The first-order valence-corrected chi connectivity index (χ1v) is 6.81. The Morgan fingerprint density at radius 2 is 1.94 bits per heavy atom. The number of piperidine rings is 1. The fraction of sp³-hybridized carbons (Fsp3) is 1.00. The third kappa shape index (κ3) is 9.17. The number of rotatable bonds is 4. The monoisotopic (exact) mass is 229 g/mol. The van der Waals surface area contributed by atoms with Gasteiger partial charge in [-0.25, -0.2) is 0 Å². The normalized spacial score (nSPS) is 21.8. The first kappa shape index (κ1) is 15.9. The van der Waals surface area contributed by atoms with Gasteiger partial charge in [0, 0.05) is 20.2 Å². The minimum absolute atomic E-state index is 0.833. The van der Waals surface area contributed by atoms with Crippen LogP contribution in [0.4, 0.5) is 0 Å². The summed E-state index contributed by atoms with van der Waals surface area (Å²) in [6.07, 6.45) is 4.14. The zero-order chi connectivity index (χ0) is 12.4. The van der Waals surface area contributed by atoms with Crippen molar-refractivity contribution in [1.29, 1.82) is 0 Å². The van der Waals surface area contributed by atoms with Crippen LogP contribution >= 0.6 is 0 Å². The van der Waals surface area contributed by atoms with Crippen LogP contribution in [0.25, 0.3) is 0 Å². The fourth-order valence-corrected chi connectivity index (χ4v) is 1.91. The molecule has 0 aromatic heterocycles. The van der Waals surface area contributed by atoms with E-state index in [0.717, 1.165) is 25.0 Å². The Labute approximate surface area is 102 Å². The molecule has 16 heavy (non-hydrogen) atoms. The van der Waals surface area contributed by atoms with Gasteiger partial charge < -0.3 is 9.64 Å². The van der Waals surface area contributed by atoms with Gasteiger partial charge in [-0.1, -0.05) is 34.1 Å². The zero-order valence-electron chi connectivity index (χ0n) is 12.0. The van der Waals surface area contributed by atoms with E-state index >= 15 is 0 Å². The van der Waals surface area contributed by atoms with Crippen molar-refractivity contribution in [1.82, 2.24) is 4.90 Å². The lowest BCUT2D eigenvalue weighted by Crippen LogP contribution is -2.37. The van der Waals surface area contributed by atoms with Gasteiger partial charge in [-0.2, -0.15) is 0 Å². The second kappa shape index (κ2) is 10.1. The van der Waals surface area contributed by atoms with Crippen molar-refractivity contribution >= 4 is 0 Å². The standard InChI is InChI=1S/C10H21NO.C4H10/c1-3-10-5-4-6-11(9-10)7-8-12-2;1-4(2)3/h10H,3-9H2,1-2H3;4H,1-3H3. The van der Waals surface area contributed by atoms with Gasteiger partial charge in [0.15, 0.2) is 0 Å². The largest absolute Gasteiger partial charge is 0.383 e. The molecule has 1 fully saturated rings. The molecular weight excluding hydrogens is 198 g/mol. The predicted octanol–water partition coefficient (Wildman–Crippen LogP) is 3.42. The molecule has 0 spiro atoms. The highest BCUT2D eigenvalue weighted by molar-refractivity contribution is 4.71. The zero-order valence-corrected chi connectivity index (χ0v) is 12.0. The van der Waals surface area contributed by atoms with E-state index in [2.05, 4.69) is 32.6 Å². The number of nitrogens with zero attached hydrogens (tertiary/aromatic N) is 1. The number of hydrogen-bond acceptors (Lipinski definition) is 2. The van der Waals surface area contributed by atoms with E-state index in [0.29, 0.717) is 0 Å². The molecule has 1 rings (SSSR count). The maximum Gasteiger partial charge on any atom is 0.0589 e. The Balaban J connectivity index is 0.000000487. The average Bonchev–Trinajstić information content (AvgIpc) is 2.26. The molecular formula is C14H31NO. The van der Waals surface area contributed by atoms with Crippen molar-refractivity contribution in [3.8, 4) is 0 Å². The lowest BCUT2D eigenvalue weighted by atomic mass is 9.96. The molecule has 0 radical (unpaired) electrons. The summed E-state index contributed by atoms with van der Waals surface area (Å²) in [6.45, 7) is 13.4. The average molecular weight is 229 g/mol. The molecule has 0 bridgehead atoms. The van der Waals surface area contributed by atoms with Gasteiger partial charge in [0.1, 0.15) is 0 Å². The summed E-state index contributed by atoms with van der Waals surface area (Å²) in [5.74, 6) is 1.77. The highest BCUT2D eigenvalue weighted by Gasteiger charge is 2.17. The number of ether oxygens (including phenoxy) is 1. The summed E-state index contributed by atoms with van der Waals surface area (Å²) in [7, 11) is 1.78. The van der Waals surface area contributed by atoms with Crippen LogP contribution in [0.2, 0.25) is 0 Å². The Hall–Kier alpha value is -0.0800. The Kier molecular flexibility index (Phi) is 10.0. The summed E-state index contributed by atoms with van der Waals surface area (Å²) in [4.78, 5) is 2.53. The van der Waals surface area contributed by atoms with Crippen molar-refractivity contribution in [2.75, 3.05) is 33.4 Å².